The maximum Gasteiger partial charge on any atom is 0.164 e. The predicted octanol–water partition coefficient (Wildman–Crippen LogP) is 3.62. The molecule has 2 aromatic rings. The summed E-state index contributed by atoms with van der Waals surface area (Å²) < 4.78 is 0. The van der Waals surface area contributed by atoms with Gasteiger partial charge in [0.15, 0.2) is 5.78 Å². The van der Waals surface area contributed by atoms with E-state index in [9.17, 15) is 4.79 Å². The van der Waals surface area contributed by atoms with E-state index < -0.39 is 0 Å². The Bertz CT molecular complexity index is 593. The highest BCUT2D eigenvalue weighted by Crippen LogP contribution is 2.18. The van der Waals surface area contributed by atoms with Crippen molar-refractivity contribution in [3.05, 3.63) is 59.3 Å². The summed E-state index contributed by atoms with van der Waals surface area (Å²) >= 11 is 0. The normalized spacial score (nSPS) is 10.3. The number of ketones is 1. The van der Waals surface area contributed by atoms with Gasteiger partial charge in [0.25, 0.3) is 0 Å². The number of hydrogen-bond donors (Lipinski definition) is 0. The van der Waals surface area contributed by atoms with E-state index in [1.165, 1.54) is 5.56 Å². The van der Waals surface area contributed by atoms with E-state index >= 15 is 0 Å². The molecule has 20 heavy (non-hydrogen) atoms. The fourth-order valence-corrected chi connectivity index (χ4v) is 2.17. The monoisotopic (exact) mass is 268 g/mol. The third-order valence-corrected chi connectivity index (χ3v) is 3.37. The summed E-state index contributed by atoms with van der Waals surface area (Å²) in [5, 5.41) is 0. The predicted molar refractivity (Wildman–Crippen MR) is 82.1 cm³/mol. The van der Waals surface area contributed by atoms with E-state index in [-0.39, 0.29) is 5.78 Å². The Hall–Kier alpha value is -2.16. The molecule has 0 aliphatic rings. The molecule has 3 nitrogen and oxygen atoms in total. The number of aryl methyl sites for hydroxylation is 1. The lowest BCUT2D eigenvalue weighted by molar-refractivity contribution is 0.0987. The van der Waals surface area contributed by atoms with E-state index in [1.54, 1.807) is 6.20 Å². The van der Waals surface area contributed by atoms with Gasteiger partial charge in [-0.1, -0.05) is 37.3 Å². The second-order valence-corrected chi connectivity index (χ2v) is 4.98. The van der Waals surface area contributed by atoms with Crippen LogP contribution in [0.3, 0.4) is 0 Å². The Morgan fingerprint density at radius 3 is 2.55 bits per heavy atom. The third kappa shape index (κ3) is 3.23. The second kappa shape index (κ2) is 6.33. The van der Waals surface area contributed by atoms with E-state index in [0.717, 1.165) is 23.5 Å². The quantitative estimate of drug-likeness (QED) is 0.776. The number of pyridine rings is 1. The fourth-order valence-electron chi connectivity index (χ4n) is 2.17. The van der Waals surface area contributed by atoms with Crippen LogP contribution in [0.5, 0.6) is 0 Å². The number of aromatic nitrogens is 1. The van der Waals surface area contributed by atoms with Crippen LogP contribution in [-0.4, -0.2) is 17.8 Å². The molecule has 1 aromatic heterocycles. The Balaban J connectivity index is 2.17. The first-order valence-corrected chi connectivity index (χ1v) is 6.86. The molecule has 2 rings (SSSR count). The first-order valence-electron chi connectivity index (χ1n) is 6.86. The molecule has 1 heterocycles. The van der Waals surface area contributed by atoms with Crippen LogP contribution in [0.25, 0.3) is 0 Å². The Kier molecular flexibility index (Phi) is 4.51. The highest BCUT2D eigenvalue weighted by atomic mass is 16.1. The minimum Gasteiger partial charge on any atom is -0.355 e. The van der Waals surface area contributed by atoms with Gasteiger partial charge in [-0.25, -0.2) is 4.98 Å². The number of carbonyl (C=O) groups is 1. The van der Waals surface area contributed by atoms with Crippen molar-refractivity contribution in [2.24, 2.45) is 0 Å². The van der Waals surface area contributed by atoms with Crippen LogP contribution >= 0.6 is 0 Å². The van der Waals surface area contributed by atoms with Gasteiger partial charge in [0.05, 0.1) is 0 Å². The van der Waals surface area contributed by atoms with Crippen LogP contribution in [0.15, 0.2) is 42.6 Å². The van der Waals surface area contributed by atoms with Gasteiger partial charge in [-0.15, -0.1) is 0 Å². The average molecular weight is 268 g/mol. The summed E-state index contributed by atoms with van der Waals surface area (Å²) in [6.07, 6.45) is 2.21. The second-order valence-electron chi connectivity index (χ2n) is 4.98. The van der Waals surface area contributed by atoms with Crippen molar-refractivity contribution in [2.45, 2.75) is 26.8 Å². The summed E-state index contributed by atoms with van der Waals surface area (Å²) in [5.74, 6) is 1.03. The van der Waals surface area contributed by atoms with Crippen molar-refractivity contribution >= 4 is 11.6 Å². The van der Waals surface area contributed by atoms with Gasteiger partial charge in [0.2, 0.25) is 0 Å². The molecule has 0 atom stereocenters. The summed E-state index contributed by atoms with van der Waals surface area (Å²) in [6.45, 7) is 4.63. The fraction of sp³-hybridized carbons (Fsp3) is 0.294. The van der Waals surface area contributed by atoms with Gasteiger partial charge in [0.1, 0.15) is 5.82 Å². The first kappa shape index (κ1) is 14.3. The van der Waals surface area contributed by atoms with Gasteiger partial charge in [-0.2, -0.15) is 0 Å². The lowest BCUT2D eigenvalue weighted by atomic mass is 10.1. The first-order chi connectivity index (χ1) is 9.61. The maximum absolute atomic E-state index is 11.8. The molecule has 0 amide bonds. The van der Waals surface area contributed by atoms with Crippen molar-refractivity contribution in [1.29, 1.82) is 0 Å². The number of rotatable bonds is 5. The number of Topliss-reactive ketones (excluding diaryl/α,β-unsaturated/α-hetero) is 1. The Labute approximate surface area is 120 Å². The lowest BCUT2D eigenvalue weighted by Gasteiger charge is -2.19. The van der Waals surface area contributed by atoms with E-state index in [0.29, 0.717) is 6.42 Å². The zero-order valence-electron chi connectivity index (χ0n) is 12.3. The summed E-state index contributed by atoms with van der Waals surface area (Å²) in [4.78, 5) is 18.2. The topological polar surface area (TPSA) is 33.2 Å². The van der Waals surface area contributed by atoms with Gasteiger partial charge in [-0.3, -0.25) is 4.79 Å². The zero-order valence-corrected chi connectivity index (χ0v) is 12.3. The summed E-state index contributed by atoms with van der Waals surface area (Å²) in [5.41, 5.74) is 2.95. The van der Waals surface area contributed by atoms with Crippen LogP contribution in [-0.2, 0) is 6.54 Å². The van der Waals surface area contributed by atoms with Crippen LogP contribution in [0.1, 0.15) is 34.8 Å². The third-order valence-electron chi connectivity index (χ3n) is 3.37. The Morgan fingerprint density at radius 1 is 1.25 bits per heavy atom. The molecule has 0 N–H and O–H groups in total. The number of anilines is 1. The zero-order chi connectivity index (χ0) is 14.5. The van der Waals surface area contributed by atoms with Crippen molar-refractivity contribution in [3.8, 4) is 0 Å². The maximum atomic E-state index is 11.8. The van der Waals surface area contributed by atoms with Gasteiger partial charge in [-0.05, 0) is 24.1 Å². The molecule has 1 aromatic carbocycles. The van der Waals surface area contributed by atoms with Crippen LogP contribution in [0.4, 0.5) is 5.82 Å². The van der Waals surface area contributed by atoms with E-state index in [4.69, 9.17) is 0 Å². The van der Waals surface area contributed by atoms with Gasteiger partial charge >= 0.3 is 0 Å². The van der Waals surface area contributed by atoms with Crippen LogP contribution in [0.2, 0.25) is 0 Å². The van der Waals surface area contributed by atoms with Gasteiger partial charge in [0, 0.05) is 31.8 Å². The molecule has 0 aliphatic heterocycles. The average Bonchev–Trinajstić information content (AvgIpc) is 2.47. The largest absolute Gasteiger partial charge is 0.355 e. The molecule has 0 aliphatic carbocycles. The molecule has 0 bridgehead atoms. The molecule has 0 radical (unpaired) electrons. The van der Waals surface area contributed by atoms with Crippen molar-refractivity contribution in [3.63, 3.8) is 0 Å². The standard InChI is InChI=1S/C17H20N2O/c1-4-16(20)15-11-18-17(10-13(15)2)19(3)12-14-8-6-5-7-9-14/h5-11H,4,12H2,1-3H3. The molecule has 0 unspecified atom stereocenters. The van der Waals surface area contributed by atoms with E-state index in [1.807, 2.05) is 45.2 Å². The molecular formula is C17H20N2O. The van der Waals surface area contributed by atoms with Crippen molar-refractivity contribution in [1.82, 2.24) is 4.98 Å². The number of hydrogen-bond acceptors (Lipinski definition) is 3. The van der Waals surface area contributed by atoms with Crippen molar-refractivity contribution in [2.75, 3.05) is 11.9 Å². The highest BCUT2D eigenvalue weighted by Gasteiger charge is 2.10. The number of nitrogens with zero attached hydrogens (tertiary/aromatic N) is 2. The summed E-state index contributed by atoms with van der Waals surface area (Å²) in [7, 11) is 2.01. The molecular weight excluding hydrogens is 248 g/mol. The van der Waals surface area contributed by atoms with E-state index in [2.05, 4.69) is 22.0 Å². The molecule has 0 saturated carbocycles. The highest BCUT2D eigenvalue weighted by molar-refractivity contribution is 5.97. The molecule has 0 fully saturated rings. The van der Waals surface area contributed by atoms with Crippen molar-refractivity contribution < 1.29 is 4.79 Å². The number of benzene rings is 1. The minimum atomic E-state index is 0.146. The minimum absolute atomic E-state index is 0.146. The van der Waals surface area contributed by atoms with Crippen LogP contribution < -0.4 is 4.90 Å². The number of carbonyl (C=O) groups excluding carboxylic acids is 1. The molecule has 104 valence electrons. The SMILES string of the molecule is CCC(=O)c1cnc(N(C)Cc2ccccc2)cc1C. The summed E-state index contributed by atoms with van der Waals surface area (Å²) in [6, 6.07) is 12.2. The molecule has 0 saturated heterocycles. The Morgan fingerprint density at radius 2 is 1.95 bits per heavy atom. The molecule has 0 spiro atoms. The van der Waals surface area contributed by atoms with Crippen LogP contribution in [0, 0.1) is 6.92 Å². The molecule has 3 heteroatoms. The smallest absolute Gasteiger partial charge is 0.164 e. The van der Waals surface area contributed by atoms with Gasteiger partial charge < -0.3 is 4.90 Å². The lowest BCUT2D eigenvalue weighted by Crippen LogP contribution is -2.18.